The van der Waals surface area contributed by atoms with Crippen molar-refractivity contribution in [2.45, 2.75) is 38.1 Å². The summed E-state index contributed by atoms with van der Waals surface area (Å²) in [6.07, 6.45) is -4.76. The third kappa shape index (κ3) is 6.81. The van der Waals surface area contributed by atoms with Crippen LogP contribution < -0.4 is 10.6 Å². The van der Waals surface area contributed by atoms with Gasteiger partial charge in [-0.1, -0.05) is 17.8 Å². The average Bonchev–Trinajstić information content (AvgIpc) is 3.19. The Kier molecular flexibility index (Phi) is 8.29. The Bertz CT molecular complexity index is 1300. The van der Waals surface area contributed by atoms with Crippen molar-refractivity contribution in [1.29, 1.82) is 0 Å². The number of nitrogens with one attached hydrogen (secondary N) is 2. The summed E-state index contributed by atoms with van der Waals surface area (Å²) in [6.45, 7) is 3.83. The SMILES string of the molecule is CCn1c(CC(=O)Nc2cccc(C(F)(F)F)c2)nnc1SCC(=O)Nc1ccc([N+](=O)[O-])cc1C. The van der Waals surface area contributed by atoms with Crippen LogP contribution in [-0.4, -0.2) is 37.3 Å². The summed E-state index contributed by atoms with van der Waals surface area (Å²) < 4.78 is 40.3. The van der Waals surface area contributed by atoms with Crippen molar-refractivity contribution < 1.29 is 27.7 Å². The van der Waals surface area contributed by atoms with Gasteiger partial charge >= 0.3 is 6.18 Å². The fraction of sp³-hybridized carbons (Fsp3) is 0.273. The van der Waals surface area contributed by atoms with E-state index in [1.165, 1.54) is 30.3 Å². The number of thioether (sulfide) groups is 1. The van der Waals surface area contributed by atoms with E-state index in [9.17, 15) is 32.9 Å². The minimum absolute atomic E-state index is 0.00481. The first kappa shape index (κ1) is 26.7. The first-order chi connectivity index (χ1) is 17.0. The minimum atomic E-state index is -4.53. The van der Waals surface area contributed by atoms with E-state index in [1.54, 1.807) is 18.4 Å². The van der Waals surface area contributed by atoms with Crippen molar-refractivity contribution in [3.05, 3.63) is 69.5 Å². The standard InChI is InChI=1S/C22H21F3N6O4S/c1-3-30-18(11-19(32)26-15-6-4-5-14(10-15)22(23,24)25)28-29-21(30)36-12-20(33)27-17-8-7-16(31(34)35)9-13(17)2/h4-10H,3,11-12H2,1-2H3,(H,26,32)(H,27,33). The molecule has 0 aliphatic rings. The van der Waals surface area contributed by atoms with Crippen molar-refractivity contribution in [3.8, 4) is 0 Å². The second kappa shape index (κ2) is 11.2. The number of nitro benzene ring substituents is 1. The molecule has 3 aromatic rings. The number of rotatable bonds is 9. The van der Waals surface area contributed by atoms with Crippen LogP contribution in [0.2, 0.25) is 0 Å². The van der Waals surface area contributed by atoms with Crippen LogP contribution in [-0.2, 0) is 28.7 Å². The number of hydrogen-bond acceptors (Lipinski definition) is 7. The van der Waals surface area contributed by atoms with Crippen molar-refractivity contribution in [3.63, 3.8) is 0 Å². The third-order valence-electron chi connectivity index (χ3n) is 4.93. The maximum Gasteiger partial charge on any atom is 0.416 e. The summed E-state index contributed by atoms with van der Waals surface area (Å²) in [5.41, 5.74) is 0.0205. The number of amides is 2. The largest absolute Gasteiger partial charge is 0.416 e. The van der Waals surface area contributed by atoms with Gasteiger partial charge in [0, 0.05) is 30.1 Å². The van der Waals surface area contributed by atoms with E-state index in [2.05, 4.69) is 20.8 Å². The molecule has 0 saturated heterocycles. The molecule has 1 aromatic heterocycles. The van der Waals surface area contributed by atoms with Crippen LogP contribution in [0.3, 0.4) is 0 Å². The van der Waals surface area contributed by atoms with Gasteiger partial charge in [0.1, 0.15) is 5.82 Å². The molecule has 190 valence electrons. The second-order valence-corrected chi connectivity index (χ2v) is 8.48. The second-order valence-electron chi connectivity index (χ2n) is 7.54. The molecule has 0 aliphatic carbocycles. The Morgan fingerprint density at radius 2 is 1.86 bits per heavy atom. The molecule has 2 aromatic carbocycles. The van der Waals surface area contributed by atoms with Crippen molar-refractivity contribution in [1.82, 2.24) is 14.8 Å². The Hall–Kier alpha value is -3.94. The Balaban J connectivity index is 1.60. The predicted molar refractivity (Wildman–Crippen MR) is 127 cm³/mol. The number of halogens is 3. The highest BCUT2D eigenvalue weighted by Gasteiger charge is 2.30. The zero-order valence-corrected chi connectivity index (χ0v) is 19.9. The number of aromatic nitrogens is 3. The molecule has 14 heteroatoms. The lowest BCUT2D eigenvalue weighted by Gasteiger charge is -2.11. The van der Waals surface area contributed by atoms with Crippen LogP contribution in [0.25, 0.3) is 0 Å². The molecule has 1 heterocycles. The average molecular weight is 523 g/mol. The van der Waals surface area contributed by atoms with Gasteiger partial charge in [-0.05, 0) is 43.7 Å². The van der Waals surface area contributed by atoms with E-state index in [0.29, 0.717) is 23.0 Å². The van der Waals surface area contributed by atoms with Gasteiger partial charge in [-0.25, -0.2) is 0 Å². The van der Waals surface area contributed by atoms with Crippen molar-refractivity contribution in [2.24, 2.45) is 0 Å². The molecule has 0 fully saturated rings. The Labute approximate surface area is 207 Å². The quantitative estimate of drug-likeness (QED) is 0.241. The number of non-ortho nitro benzene ring substituents is 1. The molecule has 0 spiro atoms. The van der Waals surface area contributed by atoms with Gasteiger partial charge < -0.3 is 15.2 Å². The molecule has 0 unspecified atom stereocenters. The lowest BCUT2D eigenvalue weighted by molar-refractivity contribution is -0.384. The molecule has 2 N–H and O–H groups in total. The highest BCUT2D eigenvalue weighted by atomic mass is 32.2. The number of alkyl halides is 3. The van der Waals surface area contributed by atoms with E-state index in [0.717, 1.165) is 23.9 Å². The summed E-state index contributed by atoms with van der Waals surface area (Å²) in [4.78, 5) is 35.1. The lowest BCUT2D eigenvalue weighted by atomic mass is 10.2. The molecule has 2 amide bonds. The van der Waals surface area contributed by atoms with Crippen LogP contribution in [0.15, 0.2) is 47.6 Å². The van der Waals surface area contributed by atoms with E-state index in [1.807, 2.05) is 0 Å². The predicted octanol–water partition coefficient (Wildman–Crippen LogP) is 4.45. The molecular weight excluding hydrogens is 501 g/mol. The van der Waals surface area contributed by atoms with E-state index < -0.39 is 22.6 Å². The molecule has 3 rings (SSSR count). The number of hydrogen-bond donors (Lipinski definition) is 2. The number of nitrogens with zero attached hydrogens (tertiary/aromatic N) is 4. The number of benzene rings is 2. The molecule has 0 bridgehead atoms. The molecule has 0 aliphatic heterocycles. The van der Waals surface area contributed by atoms with Gasteiger partial charge in [-0.15, -0.1) is 10.2 Å². The van der Waals surface area contributed by atoms with Crippen LogP contribution in [0.4, 0.5) is 30.2 Å². The van der Waals surface area contributed by atoms with Crippen LogP contribution in [0.1, 0.15) is 23.9 Å². The van der Waals surface area contributed by atoms with Gasteiger partial charge in [0.05, 0.1) is 22.7 Å². The third-order valence-corrected chi connectivity index (χ3v) is 5.90. The number of carbonyl (C=O) groups excluding carboxylic acids is 2. The summed E-state index contributed by atoms with van der Waals surface area (Å²) in [7, 11) is 0. The van der Waals surface area contributed by atoms with Crippen LogP contribution >= 0.6 is 11.8 Å². The van der Waals surface area contributed by atoms with Crippen molar-refractivity contribution >= 4 is 40.6 Å². The van der Waals surface area contributed by atoms with Gasteiger partial charge in [0.2, 0.25) is 11.8 Å². The number of anilines is 2. The molecule has 0 atom stereocenters. The molecule has 10 nitrogen and oxygen atoms in total. The summed E-state index contributed by atoms with van der Waals surface area (Å²) >= 11 is 1.08. The molecule has 0 radical (unpaired) electrons. The monoisotopic (exact) mass is 522 g/mol. The summed E-state index contributed by atoms with van der Waals surface area (Å²) in [6, 6.07) is 8.40. The highest BCUT2D eigenvalue weighted by Crippen LogP contribution is 2.30. The zero-order chi connectivity index (χ0) is 26.5. The fourth-order valence-electron chi connectivity index (χ4n) is 3.21. The van der Waals surface area contributed by atoms with E-state index >= 15 is 0 Å². The number of carbonyl (C=O) groups is 2. The maximum atomic E-state index is 12.9. The van der Waals surface area contributed by atoms with Gasteiger partial charge in [-0.2, -0.15) is 13.2 Å². The van der Waals surface area contributed by atoms with Gasteiger partial charge in [0.15, 0.2) is 5.16 Å². The summed E-state index contributed by atoms with van der Waals surface area (Å²) in [5, 5.41) is 24.3. The maximum absolute atomic E-state index is 12.9. The normalized spacial score (nSPS) is 11.2. The van der Waals surface area contributed by atoms with Crippen LogP contribution in [0.5, 0.6) is 0 Å². The van der Waals surface area contributed by atoms with E-state index in [4.69, 9.17) is 0 Å². The van der Waals surface area contributed by atoms with Crippen LogP contribution in [0, 0.1) is 17.0 Å². The Morgan fingerprint density at radius 1 is 1.11 bits per heavy atom. The number of aryl methyl sites for hydroxylation is 1. The first-order valence-electron chi connectivity index (χ1n) is 10.5. The first-order valence-corrected chi connectivity index (χ1v) is 11.5. The number of nitro groups is 1. The highest BCUT2D eigenvalue weighted by molar-refractivity contribution is 7.99. The topological polar surface area (TPSA) is 132 Å². The fourth-order valence-corrected chi connectivity index (χ4v) is 4.04. The smallest absolute Gasteiger partial charge is 0.326 e. The van der Waals surface area contributed by atoms with Gasteiger partial charge in [-0.3, -0.25) is 19.7 Å². The van der Waals surface area contributed by atoms with Crippen molar-refractivity contribution in [2.75, 3.05) is 16.4 Å². The summed E-state index contributed by atoms with van der Waals surface area (Å²) in [5.74, 6) is -0.688. The molecular formula is C22H21F3N6O4S. The van der Waals surface area contributed by atoms with E-state index in [-0.39, 0.29) is 35.3 Å². The lowest BCUT2D eigenvalue weighted by Crippen LogP contribution is -2.18. The minimum Gasteiger partial charge on any atom is -0.326 e. The molecule has 0 saturated carbocycles. The Morgan fingerprint density at radius 3 is 2.50 bits per heavy atom. The molecule has 36 heavy (non-hydrogen) atoms. The zero-order valence-electron chi connectivity index (χ0n) is 19.1. The van der Waals surface area contributed by atoms with Gasteiger partial charge in [0.25, 0.3) is 5.69 Å².